The van der Waals surface area contributed by atoms with E-state index in [0.29, 0.717) is 0 Å². The predicted molar refractivity (Wildman–Crippen MR) is 49.5 cm³/mol. The average Bonchev–Trinajstić information content (AvgIpc) is 2.52. The smallest absolute Gasteiger partial charge is 0.0859 e. The van der Waals surface area contributed by atoms with E-state index < -0.39 is 0 Å². The first kappa shape index (κ1) is 9.05. The lowest BCUT2D eigenvalue weighted by Crippen LogP contribution is -2.51. The maximum atomic E-state index is 2.41. The summed E-state index contributed by atoms with van der Waals surface area (Å²) in [6, 6.07) is 0.891. The minimum Gasteiger partial charge on any atom is -0.322 e. The molecule has 1 saturated heterocycles. The molecule has 0 amide bonds. The molecule has 1 rings (SSSR count). The van der Waals surface area contributed by atoms with Crippen molar-refractivity contribution in [1.29, 1.82) is 0 Å². The molecule has 0 bridgehead atoms. The maximum Gasteiger partial charge on any atom is 0.0859 e. The fourth-order valence-electron chi connectivity index (χ4n) is 2.42. The summed E-state index contributed by atoms with van der Waals surface area (Å²) in [7, 11) is 0. The Morgan fingerprint density at radius 1 is 1.18 bits per heavy atom. The monoisotopic (exact) mass is 156 g/mol. The van der Waals surface area contributed by atoms with Crippen LogP contribution in [0.2, 0.25) is 0 Å². The summed E-state index contributed by atoms with van der Waals surface area (Å²) in [5.41, 5.74) is 0. The van der Waals surface area contributed by atoms with E-state index in [1.807, 2.05) is 0 Å². The Balaban J connectivity index is 2.58. The molecule has 66 valence electrons. The number of hydrogen-bond acceptors (Lipinski definition) is 0. The molecule has 1 unspecified atom stereocenters. The molecule has 1 fully saturated rings. The number of likely N-dealkylation sites (tertiary alicyclic amines) is 1. The third-order valence-electron chi connectivity index (χ3n) is 3.61. The zero-order valence-electron chi connectivity index (χ0n) is 8.27. The molecule has 0 spiro atoms. The van der Waals surface area contributed by atoms with Gasteiger partial charge in [0.1, 0.15) is 0 Å². The summed E-state index contributed by atoms with van der Waals surface area (Å²) >= 11 is 0. The van der Waals surface area contributed by atoms with Gasteiger partial charge in [-0.1, -0.05) is 6.92 Å². The summed E-state index contributed by atoms with van der Waals surface area (Å²) in [4.78, 5) is 0. The average molecular weight is 156 g/mol. The molecule has 0 aromatic heterocycles. The number of quaternary nitrogens is 1. The van der Waals surface area contributed by atoms with Crippen LogP contribution < -0.4 is 0 Å². The first-order chi connectivity index (χ1) is 5.25. The standard InChI is InChI=1S/C10H22N/c1-4-10(3)11(5-2)8-6-7-9-11/h10H,4-9H2,1-3H3/q+1. The molecule has 0 radical (unpaired) electrons. The molecule has 1 atom stereocenters. The molecule has 1 aliphatic heterocycles. The van der Waals surface area contributed by atoms with Crippen molar-refractivity contribution in [2.24, 2.45) is 0 Å². The summed E-state index contributed by atoms with van der Waals surface area (Å²) < 4.78 is 1.40. The van der Waals surface area contributed by atoms with Gasteiger partial charge in [0, 0.05) is 12.8 Å². The topological polar surface area (TPSA) is 0 Å². The highest BCUT2D eigenvalue weighted by molar-refractivity contribution is 4.59. The van der Waals surface area contributed by atoms with Crippen LogP contribution in [0.15, 0.2) is 0 Å². The van der Waals surface area contributed by atoms with Gasteiger partial charge < -0.3 is 4.48 Å². The van der Waals surface area contributed by atoms with Crippen LogP contribution in [0.25, 0.3) is 0 Å². The molecule has 0 aromatic rings. The second-order valence-corrected chi connectivity index (χ2v) is 3.95. The highest BCUT2D eigenvalue weighted by atomic mass is 15.4. The first-order valence-electron chi connectivity index (χ1n) is 5.11. The van der Waals surface area contributed by atoms with Crippen LogP contribution in [0.3, 0.4) is 0 Å². The van der Waals surface area contributed by atoms with Gasteiger partial charge in [0.05, 0.1) is 25.7 Å². The third-order valence-corrected chi connectivity index (χ3v) is 3.61. The Morgan fingerprint density at radius 2 is 1.73 bits per heavy atom. The van der Waals surface area contributed by atoms with Crippen molar-refractivity contribution in [3.8, 4) is 0 Å². The zero-order chi connectivity index (χ0) is 8.32. The maximum absolute atomic E-state index is 2.41. The van der Waals surface area contributed by atoms with Crippen molar-refractivity contribution < 1.29 is 4.48 Å². The SMILES string of the molecule is CCC(C)[N+]1(CC)CCCC1. The Morgan fingerprint density at radius 3 is 2.09 bits per heavy atom. The number of nitrogens with zero attached hydrogens (tertiary/aromatic N) is 1. The Bertz CT molecular complexity index is 114. The van der Waals surface area contributed by atoms with Crippen LogP contribution in [0.5, 0.6) is 0 Å². The quantitative estimate of drug-likeness (QED) is 0.550. The van der Waals surface area contributed by atoms with Gasteiger partial charge in [-0.2, -0.15) is 0 Å². The third kappa shape index (κ3) is 1.58. The summed E-state index contributed by atoms with van der Waals surface area (Å²) in [5.74, 6) is 0. The number of hydrogen-bond donors (Lipinski definition) is 0. The van der Waals surface area contributed by atoms with Gasteiger partial charge in [-0.3, -0.25) is 0 Å². The summed E-state index contributed by atoms with van der Waals surface area (Å²) in [6.07, 6.45) is 4.25. The van der Waals surface area contributed by atoms with E-state index in [2.05, 4.69) is 20.8 Å². The first-order valence-corrected chi connectivity index (χ1v) is 5.11. The molecule has 0 saturated carbocycles. The lowest BCUT2D eigenvalue weighted by molar-refractivity contribution is -0.937. The van der Waals surface area contributed by atoms with Crippen molar-refractivity contribution >= 4 is 0 Å². The van der Waals surface area contributed by atoms with Crippen molar-refractivity contribution in [3.63, 3.8) is 0 Å². The lowest BCUT2D eigenvalue weighted by Gasteiger charge is -2.38. The molecule has 1 heterocycles. The Labute approximate surface area is 71.0 Å². The Kier molecular flexibility index (Phi) is 2.94. The zero-order valence-corrected chi connectivity index (χ0v) is 8.27. The molecule has 0 aromatic carbocycles. The van der Waals surface area contributed by atoms with Crippen molar-refractivity contribution in [3.05, 3.63) is 0 Å². The lowest BCUT2D eigenvalue weighted by atomic mass is 10.2. The fourth-order valence-corrected chi connectivity index (χ4v) is 2.42. The van der Waals surface area contributed by atoms with Crippen LogP contribution in [0.1, 0.15) is 40.0 Å². The molecule has 1 heteroatoms. The predicted octanol–water partition coefficient (Wildman–Crippen LogP) is 2.42. The molecule has 11 heavy (non-hydrogen) atoms. The molecule has 0 N–H and O–H groups in total. The summed E-state index contributed by atoms with van der Waals surface area (Å²) in [5, 5.41) is 0. The minimum atomic E-state index is 0.891. The molecule has 1 aliphatic rings. The van der Waals surface area contributed by atoms with E-state index in [0.717, 1.165) is 6.04 Å². The molecule has 0 aliphatic carbocycles. The van der Waals surface area contributed by atoms with Gasteiger partial charge in [0.2, 0.25) is 0 Å². The van der Waals surface area contributed by atoms with Gasteiger partial charge in [-0.15, -0.1) is 0 Å². The van der Waals surface area contributed by atoms with E-state index >= 15 is 0 Å². The molecular formula is C10H22N+. The van der Waals surface area contributed by atoms with Gasteiger partial charge in [0.15, 0.2) is 0 Å². The van der Waals surface area contributed by atoms with Crippen molar-refractivity contribution in [2.75, 3.05) is 19.6 Å². The highest BCUT2D eigenvalue weighted by Crippen LogP contribution is 2.24. The molecule has 1 nitrogen and oxygen atoms in total. The highest BCUT2D eigenvalue weighted by Gasteiger charge is 2.34. The summed E-state index contributed by atoms with van der Waals surface area (Å²) in [6.45, 7) is 11.3. The van der Waals surface area contributed by atoms with E-state index in [1.54, 1.807) is 0 Å². The number of rotatable bonds is 3. The second-order valence-electron chi connectivity index (χ2n) is 3.95. The molecular weight excluding hydrogens is 134 g/mol. The van der Waals surface area contributed by atoms with Crippen LogP contribution in [0, 0.1) is 0 Å². The van der Waals surface area contributed by atoms with Crippen LogP contribution in [-0.2, 0) is 0 Å². The minimum absolute atomic E-state index is 0.891. The van der Waals surface area contributed by atoms with Crippen molar-refractivity contribution in [2.45, 2.75) is 46.1 Å². The second kappa shape index (κ2) is 3.57. The van der Waals surface area contributed by atoms with Crippen LogP contribution in [-0.4, -0.2) is 30.2 Å². The largest absolute Gasteiger partial charge is 0.322 e. The van der Waals surface area contributed by atoms with Gasteiger partial charge in [0.25, 0.3) is 0 Å². The van der Waals surface area contributed by atoms with E-state index in [9.17, 15) is 0 Å². The van der Waals surface area contributed by atoms with E-state index in [1.165, 1.54) is 43.4 Å². The van der Waals surface area contributed by atoms with Gasteiger partial charge in [-0.05, 0) is 20.3 Å². The van der Waals surface area contributed by atoms with E-state index in [-0.39, 0.29) is 0 Å². The van der Waals surface area contributed by atoms with Gasteiger partial charge in [-0.25, -0.2) is 0 Å². The van der Waals surface area contributed by atoms with E-state index in [4.69, 9.17) is 0 Å². The Hall–Kier alpha value is -0.0400. The van der Waals surface area contributed by atoms with Gasteiger partial charge >= 0.3 is 0 Å². The normalized spacial score (nSPS) is 25.4. The fraction of sp³-hybridized carbons (Fsp3) is 1.00. The van der Waals surface area contributed by atoms with Crippen LogP contribution >= 0.6 is 0 Å². The van der Waals surface area contributed by atoms with Crippen LogP contribution in [0.4, 0.5) is 0 Å². The van der Waals surface area contributed by atoms with Crippen molar-refractivity contribution in [1.82, 2.24) is 0 Å².